The molecule has 4 nitrogen and oxygen atoms in total. The van der Waals surface area contributed by atoms with E-state index in [4.69, 9.17) is 15.9 Å². The topological polar surface area (TPSA) is 62.3 Å². The van der Waals surface area contributed by atoms with E-state index in [9.17, 15) is 0 Å². The molecule has 1 saturated carbocycles. The van der Waals surface area contributed by atoms with Crippen molar-refractivity contribution in [3.05, 3.63) is 29.3 Å². The van der Waals surface area contributed by atoms with Crippen LogP contribution in [0, 0.1) is 5.41 Å². The molecule has 2 rings (SSSR count). The molecule has 1 aromatic rings. The fraction of sp³-hybridized carbons (Fsp3) is 0.533. The summed E-state index contributed by atoms with van der Waals surface area (Å²) < 4.78 is 5.23. The van der Waals surface area contributed by atoms with Crippen LogP contribution in [0.5, 0.6) is 5.75 Å². The molecule has 104 valence electrons. The average molecular weight is 261 g/mol. The van der Waals surface area contributed by atoms with Gasteiger partial charge in [-0.2, -0.15) is 0 Å². The number of methoxy groups -OCH3 is 1. The number of nitrogens with two attached hydrogens (primary N) is 1. The third kappa shape index (κ3) is 3.26. The average Bonchev–Trinajstić information content (AvgIpc) is 2.92. The van der Waals surface area contributed by atoms with Crippen molar-refractivity contribution in [3.63, 3.8) is 0 Å². The molecule has 4 heteroatoms. The Labute approximate surface area is 115 Å². The summed E-state index contributed by atoms with van der Waals surface area (Å²) >= 11 is 0. The molecule has 0 heterocycles. The maximum atomic E-state index is 7.61. The smallest absolute Gasteiger partial charge is 0.129 e. The van der Waals surface area contributed by atoms with Crippen LogP contribution in [0.1, 0.15) is 36.8 Å². The third-order valence-corrected chi connectivity index (χ3v) is 3.93. The van der Waals surface area contributed by atoms with Crippen molar-refractivity contribution in [3.8, 4) is 5.75 Å². The second kappa shape index (κ2) is 6.06. The molecule has 1 aliphatic carbocycles. The summed E-state index contributed by atoms with van der Waals surface area (Å²) in [7, 11) is 3.78. The molecule has 1 fully saturated rings. The molecule has 0 aliphatic heterocycles. The first-order valence-electron chi connectivity index (χ1n) is 6.83. The van der Waals surface area contributed by atoms with Crippen LogP contribution in [0.25, 0.3) is 0 Å². The molecule has 0 spiro atoms. The lowest BCUT2D eigenvalue weighted by Crippen LogP contribution is -2.28. The maximum absolute atomic E-state index is 7.61. The third-order valence-electron chi connectivity index (χ3n) is 3.93. The zero-order valence-electron chi connectivity index (χ0n) is 11.8. The highest BCUT2D eigenvalue weighted by molar-refractivity contribution is 5.97. The fourth-order valence-corrected chi connectivity index (χ4v) is 2.83. The number of ether oxygens (including phenoxy) is 1. The number of amidine groups is 1. The molecule has 0 aromatic heterocycles. The van der Waals surface area contributed by atoms with Gasteiger partial charge in [0.1, 0.15) is 11.6 Å². The molecule has 0 radical (unpaired) electrons. The van der Waals surface area contributed by atoms with Crippen molar-refractivity contribution in [2.45, 2.75) is 38.3 Å². The van der Waals surface area contributed by atoms with Crippen LogP contribution in [0.15, 0.2) is 18.2 Å². The van der Waals surface area contributed by atoms with E-state index >= 15 is 0 Å². The highest BCUT2D eigenvalue weighted by Gasteiger charge is 2.19. The van der Waals surface area contributed by atoms with Gasteiger partial charge in [-0.3, -0.25) is 10.3 Å². The highest BCUT2D eigenvalue weighted by atomic mass is 16.5. The maximum Gasteiger partial charge on any atom is 0.129 e. The van der Waals surface area contributed by atoms with Gasteiger partial charge in [0, 0.05) is 12.6 Å². The van der Waals surface area contributed by atoms with Crippen molar-refractivity contribution >= 4 is 5.84 Å². The normalized spacial score (nSPS) is 15.9. The molecule has 19 heavy (non-hydrogen) atoms. The van der Waals surface area contributed by atoms with Gasteiger partial charge in [-0.15, -0.1) is 0 Å². The molecule has 0 saturated heterocycles. The summed E-state index contributed by atoms with van der Waals surface area (Å²) in [4.78, 5) is 2.40. The molecule has 3 N–H and O–H groups in total. The lowest BCUT2D eigenvalue weighted by Gasteiger charge is -2.24. The first kappa shape index (κ1) is 13.9. The largest absolute Gasteiger partial charge is 0.496 e. The lowest BCUT2D eigenvalue weighted by atomic mass is 10.1. The number of nitrogen functional groups attached to an aromatic ring is 1. The number of hydrogen-bond donors (Lipinski definition) is 2. The summed E-state index contributed by atoms with van der Waals surface area (Å²) in [6.45, 7) is 0.898. The van der Waals surface area contributed by atoms with E-state index in [-0.39, 0.29) is 5.84 Å². The minimum atomic E-state index is 0.0576. The minimum absolute atomic E-state index is 0.0576. The van der Waals surface area contributed by atoms with Crippen molar-refractivity contribution in [1.29, 1.82) is 5.41 Å². The second-order valence-electron chi connectivity index (χ2n) is 5.30. The van der Waals surface area contributed by atoms with Crippen molar-refractivity contribution < 1.29 is 4.74 Å². The first-order chi connectivity index (χ1) is 9.11. The van der Waals surface area contributed by atoms with Gasteiger partial charge < -0.3 is 10.5 Å². The van der Waals surface area contributed by atoms with Crippen LogP contribution in [0.4, 0.5) is 0 Å². The number of nitrogens with one attached hydrogen (secondary N) is 1. The van der Waals surface area contributed by atoms with Gasteiger partial charge in [-0.1, -0.05) is 18.9 Å². The van der Waals surface area contributed by atoms with Gasteiger partial charge in [0.05, 0.1) is 12.7 Å². The summed E-state index contributed by atoms with van der Waals surface area (Å²) in [6.07, 6.45) is 5.28. The van der Waals surface area contributed by atoms with Gasteiger partial charge in [0.25, 0.3) is 0 Å². The van der Waals surface area contributed by atoms with Crippen molar-refractivity contribution in [2.24, 2.45) is 5.73 Å². The first-order valence-corrected chi connectivity index (χ1v) is 6.83. The van der Waals surface area contributed by atoms with Crippen LogP contribution in [0.3, 0.4) is 0 Å². The van der Waals surface area contributed by atoms with E-state index in [1.54, 1.807) is 7.11 Å². The Morgan fingerprint density at radius 2 is 2.11 bits per heavy atom. The minimum Gasteiger partial charge on any atom is -0.496 e. The lowest BCUT2D eigenvalue weighted by molar-refractivity contribution is 0.237. The summed E-state index contributed by atoms with van der Waals surface area (Å²) in [6, 6.07) is 6.61. The number of nitrogens with zero attached hydrogens (tertiary/aromatic N) is 1. The molecule has 0 amide bonds. The van der Waals surface area contributed by atoms with E-state index in [0.717, 1.165) is 6.54 Å². The molecule has 1 aliphatic rings. The fourth-order valence-electron chi connectivity index (χ4n) is 2.83. The quantitative estimate of drug-likeness (QED) is 0.632. The highest BCUT2D eigenvalue weighted by Crippen LogP contribution is 2.25. The Morgan fingerprint density at radius 1 is 1.42 bits per heavy atom. The van der Waals surface area contributed by atoms with Gasteiger partial charge in [0.15, 0.2) is 0 Å². The van der Waals surface area contributed by atoms with E-state index in [2.05, 4.69) is 18.0 Å². The van der Waals surface area contributed by atoms with Crippen LogP contribution < -0.4 is 10.5 Å². The molecule has 0 unspecified atom stereocenters. The summed E-state index contributed by atoms with van der Waals surface area (Å²) in [5, 5.41) is 7.61. The number of benzene rings is 1. The van der Waals surface area contributed by atoms with E-state index in [0.29, 0.717) is 17.4 Å². The van der Waals surface area contributed by atoms with Gasteiger partial charge >= 0.3 is 0 Å². The molecule has 1 aromatic carbocycles. The predicted molar refractivity (Wildman–Crippen MR) is 77.7 cm³/mol. The molecule has 0 bridgehead atoms. The second-order valence-corrected chi connectivity index (χ2v) is 5.30. The van der Waals surface area contributed by atoms with Crippen molar-refractivity contribution in [2.75, 3.05) is 14.2 Å². The van der Waals surface area contributed by atoms with Crippen LogP contribution in [-0.4, -0.2) is 30.9 Å². The molecular formula is C15H23N3O. The van der Waals surface area contributed by atoms with E-state index in [1.807, 2.05) is 12.1 Å². The van der Waals surface area contributed by atoms with Gasteiger partial charge in [-0.25, -0.2) is 0 Å². The zero-order chi connectivity index (χ0) is 13.8. The summed E-state index contributed by atoms with van der Waals surface area (Å²) in [5.41, 5.74) is 7.46. The van der Waals surface area contributed by atoms with Gasteiger partial charge in [-0.05, 0) is 37.6 Å². The Kier molecular flexibility index (Phi) is 4.43. The SMILES string of the molecule is COc1ccc(CN(C)C2CCCC2)cc1C(=N)N. The van der Waals surface area contributed by atoms with Gasteiger partial charge in [0.2, 0.25) is 0 Å². The Bertz CT molecular complexity index is 453. The van der Waals surface area contributed by atoms with E-state index < -0.39 is 0 Å². The standard InChI is InChI=1S/C15H23N3O/c1-18(12-5-3-4-6-12)10-11-7-8-14(19-2)13(9-11)15(16)17/h7-9,12H,3-6,10H2,1-2H3,(H3,16,17). The number of hydrogen-bond acceptors (Lipinski definition) is 3. The molecule has 0 atom stereocenters. The predicted octanol–water partition coefficient (Wildman–Crippen LogP) is 2.35. The Morgan fingerprint density at radius 3 is 2.68 bits per heavy atom. The zero-order valence-corrected chi connectivity index (χ0v) is 11.8. The van der Waals surface area contributed by atoms with Crippen molar-refractivity contribution in [1.82, 2.24) is 4.90 Å². The monoisotopic (exact) mass is 261 g/mol. The summed E-state index contributed by atoms with van der Waals surface area (Å²) in [5.74, 6) is 0.724. The van der Waals surface area contributed by atoms with Crippen LogP contribution in [-0.2, 0) is 6.54 Å². The number of rotatable bonds is 5. The molecular weight excluding hydrogens is 238 g/mol. The Hall–Kier alpha value is -1.55. The Balaban J connectivity index is 2.11. The van der Waals surface area contributed by atoms with Crippen LogP contribution >= 0.6 is 0 Å². The van der Waals surface area contributed by atoms with Crippen LogP contribution in [0.2, 0.25) is 0 Å². The van der Waals surface area contributed by atoms with E-state index in [1.165, 1.54) is 31.2 Å².